The van der Waals surface area contributed by atoms with Crippen molar-refractivity contribution in [1.29, 1.82) is 0 Å². The van der Waals surface area contributed by atoms with Crippen LogP contribution in [0.1, 0.15) is 42.1 Å². The van der Waals surface area contributed by atoms with E-state index in [0.29, 0.717) is 29.3 Å². The van der Waals surface area contributed by atoms with Crippen molar-refractivity contribution in [2.75, 3.05) is 6.54 Å². The van der Waals surface area contributed by atoms with Crippen LogP contribution < -0.4 is 10.5 Å². The molecule has 1 saturated heterocycles. The zero-order chi connectivity index (χ0) is 22.7. The van der Waals surface area contributed by atoms with E-state index in [2.05, 4.69) is 27.3 Å². The Balaban J connectivity index is 1.91. The fourth-order valence-corrected chi connectivity index (χ4v) is 4.26. The quantitative estimate of drug-likeness (QED) is 0.335. The first-order valence-electron chi connectivity index (χ1n) is 9.71. The van der Waals surface area contributed by atoms with Gasteiger partial charge in [0.2, 0.25) is 0 Å². The van der Waals surface area contributed by atoms with Gasteiger partial charge in [0.05, 0.1) is 11.1 Å². The van der Waals surface area contributed by atoms with Crippen molar-refractivity contribution in [3.8, 4) is 5.75 Å². The zero-order valence-corrected chi connectivity index (χ0v) is 19.9. The van der Waals surface area contributed by atoms with E-state index in [1.165, 1.54) is 11.0 Å². The van der Waals surface area contributed by atoms with Crippen LogP contribution in [-0.4, -0.2) is 41.6 Å². The second kappa shape index (κ2) is 9.86. The highest BCUT2D eigenvalue weighted by molar-refractivity contribution is 14.1. The molecule has 2 atom stereocenters. The van der Waals surface area contributed by atoms with Gasteiger partial charge < -0.3 is 20.1 Å². The first kappa shape index (κ1) is 23.3. The molecule has 2 N–H and O–H groups in total. The third-order valence-corrected chi connectivity index (χ3v) is 5.96. The Morgan fingerprint density at radius 2 is 1.84 bits per heavy atom. The first-order valence-corrected chi connectivity index (χ1v) is 11.2. The third kappa shape index (κ3) is 5.48. The number of hydrogen-bond acceptors (Lipinski definition) is 5. The van der Waals surface area contributed by atoms with E-state index >= 15 is 0 Å². The van der Waals surface area contributed by atoms with Crippen molar-refractivity contribution in [1.82, 2.24) is 4.90 Å². The summed E-state index contributed by atoms with van der Waals surface area (Å²) in [7, 11) is 0. The molecule has 0 radical (unpaired) electrons. The van der Waals surface area contributed by atoms with Crippen molar-refractivity contribution in [2.45, 2.75) is 38.3 Å². The number of esters is 1. The number of likely N-dealkylation sites (tertiary alicyclic amines) is 1. The van der Waals surface area contributed by atoms with Crippen LogP contribution in [0.3, 0.4) is 0 Å². The maximum Gasteiger partial charge on any atom is 0.412 e. The van der Waals surface area contributed by atoms with Gasteiger partial charge in [-0.25, -0.2) is 9.59 Å². The van der Waals surface area contributed by atoms with Crippen LogP contribution in [0.2, 0.25) is 5.02 Å². The van der Waals surface area contributed by atoms with Gasteiger partial charge in [-0.05, 0) is 78.8 Å². The Morgan fingerprint density at radius 3 is 2.42 bits per heavy atom. The third-order valence-electron chi connectivity index (χ3n) is 4.94. The first-order chi connectivity index (χ1) is 14.7. The lowest BCUT2D eigenvalue weighted by Crippen LogP contribution is -2.44. The number of rotatable bonds is 5. The molecule has 0 spiro atoms. The number of nitrogens with two attached hydrogens (primary N) is 1. The molecule has 2 aromatic rings. The molecule has 0 aromatic heterocycles. The summed E-state index contributed by atoms with van der Waals surface area (Å²) in [5.41, 5.74) is 6.24. The number of carbonyl (C=O) groups excluding carboxylic acids is 3. The number of primary amides is 1. The maximum absolute atomic E-state index is 13.3. The largest absolute Gasteiger partial charge is 0.489 e. The molecule has 2 aromatic carbocycles. The monoisotopic (exact) mass is 556 g/mol. The summed E-state index contributed by atoms with van der Waals surface area (Å²) in [6.07, 6.45) is -0.739. The lowest BCUT2D eigenvalue weighted by molar-refractivity contribution is -0.141. The summed E-state index contributed by atoms with van der Waals surface area (Å²) in [5, 5.41) is 0.296. The molecule has 0 saturated carbocycles. The topological polar surface area (TPSA) is 98.9 Å². The van der Waals surface area contributed by atoms with Crippen LogP contribution in [0, 0.1) is 3.57 Å². The van der Waals surface area contributed by atoms with Gasteiger partial charge >= 0.3 is 12.1 Å². The number of benzene rings is 2. The highest BCUT2D eigenvalue weighted by atomic mass is 127. The Bertz CT molecular complexity index is 996. The molecule has 2 unspecified atom stereocenters. The van der Waals surface area contributed by atoms with Gasteiger partial charge in [0.15, 0.2) is 0 Å². The molecule has 0 bridgehead atoms. The van der Waals surface area contributed by atoms with Crippen molar-refractivity contribution < 1.29 is 23.9 Å². The Hall–Kier alpha value is -2.33. The minimum atomic E-state index is -1.20. The van der Waals surface area contributed by atoms with Gasteiger partial charge in [-0.1, -0.05) is 23.7 Å². The molecular weight excluding hydrogens is 535 g/mol. The van der Waals surface area contributed by atoms with Crippen LogP contribution in [0.4, 0.5) is 4.79 Å². The molecule has 9 heteroatoms. The Morgan fingerprint density at radius 1 is 1.16 bits per heavy atom. The van der Waals surface area contributed by atoms with E-state index in [4.69, 9.17) is 22.1 Å². The highest BCUT2D eigenvalue weighted by Gasteiger charge is 2.44. The van der Waals surface area contributed by atoms with Gasteiger partial charge in [-0.2, -0.15) is 0 Å². The summed E-state index contributed by atoms with van der Waals surface area (Å²) in [5.74, 6) is -1.10. The number of halogens is 2. The molecule has 3 rings (SSSR count). The van der Waals surface area contributed by atoms with E-state index in [1.54, 1.807) is 12.1 Å². The van der Waals surface area contributed by atoms with E-state index < -0.39 is 24.0 Å². The fourth-order valence-electron chi connectivity index (χ4n) is 3.68. The zero-order valence-electron chi connectivity index (χ0n) is 17.0. The van der Waals surface area contributed by atoms with Crippen LogP contribution in [0.5, 0.6) is 5.75 Å². The van der Waals surface area contributed by atoms with Gasteiger partial charge in [0.25, 0.3) is 5.91 Å². The van der Waals surface area contributed by atoms with E-state index in [0.717, 1.165) is 9.13 Å². The molecule has 0 aliphatic carbocycles. The summed E-state index contributed by atoms with van der Waals surface area (Å²) in [4.78, 5) is 38.6. The molecule has 1 fully saturated rings. The van der Waals surface area contributed by atoms with E-state index in [1.807, 2.05) is 38.1 Å². The van der Waals surface area contributed by atoms with Crippen LogP contribution in [0.15, 0.2) is 42.5 Å². The summed E-state index contributed by atoms with van der Waals surface area (Å²) in [6, 6.07) is 11.4. The van der Waals surface area contributed by atoms with Gasteiger partial charge in [-0.15, -0.1) is 0 Å². The maximum atomic E-state index is 13.3. The minimum Gasteiger partial charge on any atom is -0.489 e. The number of amides is 2. The SMILES string of the molecule is CC(C)Oc1ccc(C(=O)N2CCC(c3ccc(I)cc3)C2C(=O)OC(N)=O)cc1Cl. The average molecular weight is 557 g/mol. The van der Waals surface area contributed by atoms with Crippen LogP contribution >= 0.6 is 34.2 Å². The second-order valence-electron chi connectivity index (χ2n) is 7.44. The lowest BCUT2D eigenvalue weighted by Gasteiger charge is -2.26. The predicted molar refractivity (Wildman–Crippen MR) is 124 cm³/mol. The number of carbonyl (C=O) groups is 3. The highest BCUT2D eigenvalue weighted by Crippen LogP contribution is 2.36. The van der Waals surface area contributed by atoms with Crippen LogP contribution in [-0.2, 0) is 9.53 Å². The summed E-state index contributed by atoms with van der Waals surface area (Å²) in [6.45, 7) is 4.06. The number of ether oxygens (including phenoxy) is 2. The fraction of sp³-hybridized carbons (Fsp3) is 0.318. The molecule has 2 amide bonds. The molecular formula is C22H22ClIN2O5. The molecule has 1 aliphatic heterocycles. The number of hydrogen-bond donors (Lipinski definition) is 1. The van der Waals surface area contributed by atoms with Crippen molar-refractivity contribution >= 4 is 52.2 Å². The summed E-state index contributed by atoms with van der Waals surface area (Å²) < 4.78 is 11.3. The van der Waals surface area contributed by atoms with Gasteiger partial charge in [-0.3, -0.25) is 4.79 Å². The van der Waals surface area contributed by atoms with E-state index in [-0.39, 0.29) is 12.0 Å². The standard InChI is InChI=1S/C22H22ClIN2O5/c1-12(2)30-18-8-5-14(11-17(18)23)20(27)26-10-9-16(13-3-6-15(24)7-4-13)19(26)21(28)31-22(25)29/h3-8,11-12,16,19H,9-10H2,1-2H3,(H2,25,29). The van der Waals surface area contributed by atoms with Crippen LogP contribution in [0.25, 0.3) is 0 Å². The molecule has 31 heavy (non-hydrogen) atoms. The normalized spacial score (nSPS) is 18.2. The predicted octanol–water partition coefficient (Wildman–Crippen LogP) is 4.35. The molecule has 164 valence electrons. The second-order valence-corrected chi connectivity index (χ2v) is 9.09. The number of nitrogens with zero attached hydrogens (tertiary/aromatic N) is 1. The smallest absolute Gasteiger partial charge is 0.412 e. The van der Waals surface area contributed by atoms with Crippen molar-refractivity contribution in [3.05, 3.63) is 62.2 Å². The van der Waals surface area contributed by atoms with E-state index in [9.17, 15) is 14.4 Å². The lowest BCUT2D eigenvalue weighted by atomic mass is 9.91. The Kier molecular flexibility index (Phi) is 7.42. The Labute approximate surface area is 199 Å². The average Bonchev–Trinajstić information content (AvgIpc) is 3.14. The molecule has 1 heterocycles. The summed E-state index contributed by atoms with van der Waals surface area (Å²) >= 11 is 8.47. The van der Waals surface area contributed by atoms with Gasteiger partial charge in [0, 0.05) is 21.6 Å². The van der Waals surface area contributed by atoms with Crippen molar-refractivity contribution in [2.24, 2.45) is 5.73 Å². The molecule has 7 nitrogen and oxygen atoms in total. The van der Waals surface area contributed by atoms with Crippen molar-refractivity contribution in [3.63, 3.8) is 0 Å². The molecule has 1 aliphatic rings. The minimum absolute atomic E-state index is 0.0692. The van der Waals surface area contributed by atoms with Gasteiger partial charge in [0.1, 0.15) is 11.8 Å².